The van der Waals surface area contributed by atoms with Crippen LogP contribution >= 0.6 is 0 Å². The molecule has 4 nitrogen and oxygen atoms in total. The van der Waals surface area contributed by atoms with Gasteiger partial charge in [-0.2, -0.15) is 0 Å². The number of benzene rings is 1. The zero-order valence-corrected chi connectivity index (χ0v) is 14.0. The lowest BCUT2D eigenvalue weighted by molar-refractivity contribution is 0.370. The third-order valence-electron chi connectivity index (χ3n) is 4.12. The Balaban J connectivity index is 1.71. The average molecular weight is 313 g/mol. The molecule has 1 aliphatic carbocycles. The molecule has 0 amide bonds. The van der Waals surface area contributed by atoms with Crippen molar-refractivity contribution in [2.45, 2.75) is 44.6 Å². The van der Waals surface area contributed by atoms with Gasteiger partial charge in [-0.3, -0.25) is 4.99 Å². The summed E-state index contributed by atoms with van der Waals surface area (Å²) in [4.78, 5) is 4.32. The first-order valence-electron chi connectivity index (χ1n) is 8.44. The molecule has 1 saturated carbocycles. The normalized spacial score (nSPS) is 15.7. The number of guanidine groups is 1. The minimum atomic E-state index is 0.310. The van der Waals surface area contributed by atoms with E-state index >= 15 is 0 Å². The Morgan fingerprint density at radius 1 is 1.26 bits per heavy atom. The van der Waals surface area contributed by atoms with Crippen LogP contribution in [0.3, 0.4) is 0 Å². The molecule has 0 aliphatic heterocycles. The molecule has 0 atom stereocenters. The third kappa shape index (κ3) is 6.23. The van der Waals surface area contributed by atoms with Gasteiger partial charge in [0.1, 0.15) is 12.4 Å². The van der Waals surface area contributed by atoms with Gasteiger partial charge in [0.2, 0.25) is 0 Å². The molecule has 2 N–H and O–H groups in total. The van der Waals surface area contributed by atoms with Gasteiger partial charge in [-0.1, -0.05) is 37.3 Å². The van der Waals surface area contributed by atoms with Gasteiger partial charge in [0.25, 0.3) is 0 Å². The lowest BCUT2D eigenvalue weighted by atomic mass is 9.96. The van der Waals surface area contributed by atoms with Gasteiger partial charge < -0.3 is 15.4 Å². The molecule has 1 aliphatic rings. The number of hydrogen-bond donors (Lipinski definition) is 2. The van der Waals surface area contributed by atoms with Crippen LogP contribution in [-0.4, -0.2) is 32.2 Å². The lowest BCUT2D eigenvalue weighted by Gasteiger charge is -2.24. The molecule has 1 aromatic rings. The van der Waals surface area contributed by atoms with E-state index in [-0.39, 0.29) is 0 Å². The van der Waals surface area contributed by atoms with E-state index in [0.29, 0.717) is 12.6 Å². The Bertz CT molecular complexity index is 525. The van der Waals surface area contributed by atoms with Crippen LogP contribution in [0.1, 0.15) is 37.7 Å². The number of nitrogens with zero attached hydrogens (tertiary/aromatic N) is 1. The summed E-state index contributed by atoms with van der Waals surface area (Å²) in [6, 6.07) is 8.64. The summed E-state index contributed by atoms with van der Waals surface area (Å²) in [6.45, 7) is 1.17. The van der Waals surface area contributed by atoms with Gasteiger partial charge in [0, 0.05) is 19.6 Å². The Labute approximate surface area is 139 Å². The minimum absolute atomic E-state index is 0.310. The van der Waals surface area contributed by atoms with Crippen molar-refractivity contribution < 1.29 is 4.74 Å². The molecule has 0 heterocycles. The summed E-state index contributed by atoms with van der Waals surface area (Å²) in [5.74, 6) is 4.19. The summed E-state index contributed by atoms with van der Waals surface area (Å²) in [5, 5.41) is 6.92. The van der Waals surface area contributed by atoms with E-state index in [1.165, 1.54) is 37.7 Å². The standard InChI is InChI=1S/C19H27N3O/c1-3-15-23-18-11-9-16(10-12-18)13-14-21-19(20-2)22-17-7-5-4-6-8-17/h1,9-12,17H,4-8,13-15H2,2H3,(H2,20,21,22). The van der Waals surface area contributed by atoms with Crippen molar-refractivity contribution in [1.82, 2.24) is 10.6 Å². The Hall–Kier alpha value is -2.15. The van der Waals surface area contributed by atoms with Crippen molar-refractivity contribution in [3.63, 3.8) is 0 Å². The predicted octanol–water partition coefficient (Wildman–Crippen LogP) is 2.74. The molecule has 124 valence electrons. The van der Waals surface area contributed by atoms with Gasteiger partial charge in [-0.05, 0) is 37.0 Å². The quantitative estimate of drug-likeness (QED) is 0.482. The van der Waals surface area contributed by atoms with E-state index < -0.39 is 0 Å². The highest BCUT2D eigenvalue weighted by Gasteiger charge is 2.14. The Kier molecular flexibility index (Phi) is 7.32. The van der Waals surface area contributed by atoms with E-state index in [1.54, 1.807) is 0 Å². The predicted molar refractivity (Wildman–Crippen MR) is 95.8 cm³/mol. The number of terminal acetylenes is 1. The molecule has 0 aromatic heterocycles. The number of aliphatic imine (C=N–C) groups is 1. The highest BCUT2D eigenvalue weighted by Crippen LogP contribution is 2.17. The fourth-order valence-electron chi connectivity index (χ4n) is 2.84. The van der Waals surface area contributed by atoms with Crippen LogP contribution in [0.15, 0.2) is 29.3 Å². The fourth-order valence-corrected chi connectivity index (χ4v) is 2.84. The maximum atomic E-state index is 5.37. The minimum Gasteiger partial charge on any atom is -0.481 e. The van der Waals surface area contributed by atoms with Gasteiger partial charge >= 0.3 is 0 Å². The summed E-state index contributed by atoms with van der Waals surface area (Å²) < 4.78 is 5.37. The molecule has 2 rings (SSSR count). The van der Waals surface area contributed by atoms with Crippen molar-refractivity contribution in [2.24, 2.45) is 4.99 Å². The van der Waals surface area contributed by atoms with E-state index in [1.807, 2.05) is 19.2 Å². The molecule has 0 saturated heterocycles. The number of nitrogens with one attached hydrogen (secondary N) is 2. The topological polar surface area (TPSA) is 45.6 Å². The van der Waals surface area contributed by atoms with Crippen LogP contribution in [0.5, 0.6) is 5.75 Å². The molecule has 1 aromatic carbocycles. The first-order valence-corrected chi connectivity index (χ1v) is 8.44. The van der Waals surface area contributed by atoms with E-state index in [2.05, 4.69) is 33.7 Å². The zero-order chi connectivity index (χ0) is 16.3. The second-order valence-electron chi connectivity index (χ2n) is 5.87. The maximum absolute atomic E-state index is 5.37. The number of rotatable bonds is 6. The lowest BCUT2D eigenvalue weighted by Crippen LogP contribution is -2.44. The number of ether oxygens (including phenoxy) is 1. The molecule has 23 heavy (non-hydrogen) atoms. The molecule has 4 heteroatoms. The fraction of sp³-hybridized carbons (Fsp3) is 0.526. The van der Waals surface area contributed by atoms with Crippen LogP contribution in [0.2, 0.25) is 0 Å². The zero-order valence-electron chi connectivity index (χ0n) is 14.0. The second-order valence-corrected chi connectivity index (χ2v) is 5.87. The third-order valence-corrected chi connectivity index (χ3v) is 4.12. The van der Waals surface area contributed by atoms with Crippen molar-refractivity contribution in [1.29, 1.82) is 0 Å². The van der Waals surface area contributed by atoms with Crippen LogP contribution in [0.4, 0.5) is 0 Å². The van der Waals surface area contributed by atoms with Crippen LogP contribution in [-0.2, 0) is 6.42 Å². The van der Waals surface area contributed by atoms with Crippen molar-refractivity contribution >= 4 is 5.96 Å². The van der Waals surface area contributed by atoms with Crippen LogP contribution in [0.25, 0.3) is 0 Å². The van der Waals surface area contributed by atoms with E-state index in [9.17, 15) is 0 Å². The summed E-state index contributed by atoms with van der Waals surface area (Å²) in [7, 11) is 1.83. The summed E-state index contributed by atoms with van der Waals surface area (Å²) in [5.41, 5.74) is 1.26. The van der Waals surface area contributed by atoms with Crippen LogP contribution < -0.4 is 15.4 Å². The van der Waals surface area contributed by atoms with Crippen molar-refractivity contribution in [3.8, 4) is 18.1 Å². The van der Waals surface area contributed by atoms with E-state index in [0.717, 1.165) is 24.7 Å². The molecule has 0 spiro atoms. The average Bonchev–Trinajstić information content (AvgIpc) is 2.61. The molecule has 0 unspecified atom stereocenters. The number of hydrogen-bond acceptors (Lipinski definition) is 2. The van der Waals surface area contributed by atoms with Gasteiger partial charge in [-0.25, -0.2) is 0 Å². The largest absolute Gasteiger partial charge is 0.481 e. The highest BCUT2D eigenvalue weighted by atomic mass is 16.5. The second kappa shape index (κ2) is 9.78. The Morgan fingerprint density at radius 2 is 2.00 bits per heavy atom. The van der Waals surface area contributed by atoms with E-state index in [4.69, 9.17) is 11.2 Å². The molecule has 0 bridgehead atoms. The SMILES string of the molecule is C#CCOc1ccc(CCNC(=NC)NC2CCCCC2)cc1. The smallest absolute Gasteiger partial charge is 0.191 e. The molecule has 1 fully saturated rings. The monoisotopic (exact) mass is 313 g/mol. The van der Waals surface area contributed by atoms with Crippen molar-refractivity contribution in [3.05, 3.63) is 29.8 Å². The Morgan fingerprint density at radius 3 is 2.65 bits per heavy atom. The first-order chi connectivity index (χ1) is 11.3. The highest BCUT2D eigenvalue weighted by molar-refractivity contribution is 5.79. The van der Waals surface area contributed by atoms with Gasteiger partial charge in [0.05, 0.1) is 0 Å². The molecular formula is C19H27N3O. The summed E-state index contributed by atoms with van der Waals surface area (Å²) >= 11 is 0. The maximum Gasteiger partial charge on any atom is 0.191 e. The summed E-state index contributed by atoms with van der Waals surface area (Å²) in [6.07, 6.45) is 12.6. The van der Waals surface area contributed by atoms with Crippen LogP contribution in [0, 0.1) is 12.3 Å². The first kappa shape index (κ1) is 17.2. The molecular weight excluding hydrogens is 286 g/mol. The molecule has 0 radical (unpaired) electrons. The van der Waals surface area contributed by atoms with Gasteiger partial charge in [-0.15, -0.1) is 6.42 Å². The van der Waals surface area contributed by atoms with Crippen molar-refractivity contribution in [2.75, 3.05) is 20.2 Å². The van der Waals surface area contributed by atoms with Gasteiger partial charge in [0.15, 0.2) is 5.96 Å².